The molecule has 2 rings (SSSR count). The molecule has 1 amide bonds. The molecule has 1 aromatic heterocycles. The molecule has 0 atom stereocenters. The highest BCUT2D eigenvalue weighted by molar-refractivity contribution is 5.90. The average Bonchev–Trinajstić information content (AvgIpc) is 2.89. The van der Waals surface area contributed by atoms with Gasteiger partial charge in [-0.2, -0.15) is 0 Å². The maximum atomic E-state index is 12.3. The van der Waals surface area contributed by atoms with Crippen molar-refractivity contribution in [3.05, 3.63) is 40.1 Å². The Morgan fingerprint density at radius 2 is 2.13 bits per heavy atom. The van der Waals surface area contributed by atoms with Crippen LogP contribution in [0, 0.1) is 10.1 Å². The number of aromatic amines is 1. The molecule has 8 heteroatoms. The van der Waals surface area contributed by atoms with Crippen LogP contribution in [0.4, 0.5) is 5.69 Å². The summed E-state index contributed by atoms with van der Waals surface area (Å²) in [6, 6.07) is 4.43. The minimum absolute atomic E-state index is 0.0379. The van der Waals surface area contributed by atoms with Crippen LogP contribution in [0.15, 0.2) is 24.4 Å². The number of aromatic nitrogens is 1. The summed E-state index contributed by atoms with van der Waals surface area (Å²) in [6.45, 7) is 2.33. The predicted octanol–water partition coefficient (Wildman–Crippen LogP) is 1.94. The van der Waals surface area contributed by atoms with Gasteiger partial charge in [-0.15, -0.1) is 0 Å². The molecule has 2 aromatic rings. The Kier molecular flexibility index (Phi) is 4.95. The van der Waals surface area contributed by atoms with Crippen LogP contribution in [0.5, 0.6) is 0 Å². The predicted molar refractivity (Wildman–Crippen MR) is 83.2 cm³/mol. The minimum atomic E-state index is -0.959. The number of amides is 1. The Balaban J connectivity index is 2.19. The van der Waals surface area contributed by atoms with Crippen molar-refractivity contribution in [3.63, 3.8) is 0 Å². The van der Waals surface area contributed by atoms with Gasteiger partial charge in [-0.3, -0.25) is 19.7 Å². The van der Waals surface area contributed by atoms with E-state index < -0.39 is 10.9 Å². The zero-order chi connectivity index (χ0) is 17.0. The molecule has 0 aliphatic carbocycles. The summed E-state index contributed by atoms with van der Waals surface area (Å²) in [7, 11) is 0. The van der Waals surface area contributed by atoms with Crippen molar-refractivity contribution in [1.82, 2.24) is 9.88 Å². The van der Waals surface area contributed by atoms with Gasteiger partial charge >= 0.3 is 5.97 Å². The first-order valence-electron chi connectivity index (χ1n) is 7.16. The number of nitro groups is 1. The highest BCUT2D eigenvalue weighted by Crippen LogP contribution is 2.24. The van der Waals surface area contributed by atoms with Crippen molar-refractivity contribution in [3.8, 4) is 0 Å². The molecule has 2 N–H and O–H groups in total. The maximum Gasteiger partial charge on any atom is 0.305 e. The molecule has 0 bridgehead atoms. The molecule has 0 radical (unpaired) electrons. The summed E-state index contributed by atoms with van der Waals surface area (Å²) in [5.41, 5.74) is 1.33. The van der Waals surface area contributed by atoms with E-state index in [-0.39, 0.29) is 31.0 Å². The third-order valence-electron chi connectivity index (χ3n) is 3.63. The lowest BCUT2D eigenvalue weighted by Gasteiger charge is -2.19. The first-order valence-corrected chi connectivity index (χ1v) is 7.16. The highest BCUT2D eigenvalue weighted by atomic mass is 16.6. The van der Waals surface area contributed by atoms with E-state index in [1.807, 2.05) is 0 Å². The van der Waals surface area contributed by atoms with Crippen molar-refractivity contribution in [2.45, 2.75) is 19.8 Å². The smallest absolute Gasteiger partial charge is 0.305 e. The average molecular weight is 319 g/mol. The van der Waals surface area contributed by atoms with E-state index in [0.717, 1.165) is 0 Å². The number of nitrogens with zero attached hydrogens (tertiary/aromatic N) is 2. The number of hydrogen-bond donors (Lipinski definition) is 2. The van der Waals surface area contributed by atoms with Crippen LogP contribution in [0.3, 0.4) is 0 Å². The third-order valence-corrected chi connectivity index (χ3v) is 3.63. The normalized spacial score (nSPS) is 10.7. The molecule has 0 unspecified atom stereocenters. The van der Waals surface area contributed by atoms with Crippen molar-refractivity contribution in [1.29, 1.82) is 0 Å². The van der Waals surface area contributed by atoms with Crippen LogP contribution in [-0.4, -0.2) is 44.9 Å². The molecule has 0 aliphatic rings. The largest absolute Gasteiger partial charge is 0.481 e. The van der Waals surface area contributed by atoms with Gasteiger partial charge < -0.3 is 15.0 Å². The van der Waals surface area contributed by atoms with E-state index in [9.17, 15) is 19.7 Å². The van der Waals surface area contributed by atoms with Crippen LogP contribution >= 0.6 is 0 Å². The van der Waals surface area contributed by atoms with Gasteiger partial charge in [0.25, 0.3) is 5.69 Å². The van der Waals surface area contributed by atoms with Gasteiger partial charge in [-0.25, -0.2) is 0 Å². The second-order valence-electron chi connectivity index (χ2n) is 5.09. The van der Waals surface area contributed by atoms with Crippen LogP contribution in [0.2, 0.25) is 0 Å². The Hall–Kier alpha value is -2.90. The number of carboxylic acids is 1. The standard InChI is InChI=1S/C15H17N3O5/c1-2-17(6-5-15(20)21)14(19)7-10-9-16-13-4-3-11(18(22)23)8-12(10)13/h3-4,8-9,16H,2,5-7H2,1H3,(H,20,21). The Labute approximate surface area is 131 Å². The minimum Gasteiger partial charge on any atom is -0.481 e. The first-order chi connectivity index (χ1) is 10.9. The van der Waals surface area contributed by atoms with E-state index in [1.165, 1.54) is 17.0 Å². The molecule has 0 spiro atoms. The maximum absolute atomic E-state index is 12.3. The van der Waals surface area contributed by atoms with Gasteiger partial charge in [-0.1, -0.05) is 0 Å². The molecule has 1 heterocycles. The van der Waals surface area contributed by atoms with Crippen molar-refractivity contribution in [2.75, 3.05) is 13.1 Å². The summed E-state index contributed by atoms with van der Waals surface area (Å²) in [5, 5.41) is 20.2. The summed E-state index contributed by atoms with van der Waals surface area (Å²) in [6.07, 6.45) is 1.60. The Morgan fingerprint density at radius 1 is 1.39 bits per heavy atom. The zero-order valence-electron chi connectivity index (χ0n) is 12.6. The lowest BCUT2D eigenvalue weighted by molar-refractivity contribution is -0.384. The molecular weight excluding hydrogens is 302 g/mol. The lowest BCUT2D eigenvalue weighted by Crippen LogP contribution is -2.33. The number of non-ortho nitro benzene ring substituents is 1. The number of carboxylic acid groups (broad SMARTS) is 1. The van der Waals surface area contributed by atoms with E-state index >= 15 is 0 Å². The number of aliphatic carboxylic acids is 1. The quantitative estimate of drug-likeness (QED) is 0.597. The molecule has 8 nitrogen and oxygen atoms in total. The summed E-state index contributed by atoms with van der Waals surface area (Å²) >= 11 is 0. The molecule has 23 heavy (non-hydrogen) atoms. The number of rotatable bonds is 7. The molecule has 0 fully saturated rings. The van der Waals surface area contributed by atoms with Crippen LogP contribution in [0.1, 0.15) is 18.9 Å². The van der Waals surface area contributed by atoms with E-state index in [2.05, 4.69) is 4.98 Å². The molecule has 122 valence electrons. The zero-order valence-corrected chi connectivity index (χ0v) is 12.6. The lowest BCUT2D eigenvalue weighted by atomic mass is 10.1. The third kappa shape index (κ3) is 3.85. The molecule has 0 aliphatic heterocycles. The van der Waals surface area contributed by atoms with E-state index in [0.29, 0.717) is 23.0 Å². The van der Waals surface area contributed by atoms with E-state index in [4.69, 9.17) is 5.11 Å². The number of nitro benzene ring substituents is 1. The van der Waals surface area contributed by atoms with Gasteiger partial charge in [-0.05, 0) is 18.6 Å². The second-order valence-corrected chi connectivity index (χ2v) is 5.09. The fourth-order valence-electron chi connectivity index (χ4n) is 2.39. The number of benzene rings is 1. The number of likely N-dealkylation sites (N-methyl/N-ethyl adjacent to an activating group) is 1. The summed E-state index contributed by atoms with van der Waals surface area (Å²) in [4.78, 5) is 37.8. The highest BCUT2D eigenvalue weighted by Gasteiger charge is 2.17. The fraction of sp³-hybridized carbons (Fsp3) is 0.333. The Morgan fingerprint density at radius 3 is 2.74 bits per heavy atom. The summed E-state index contributed by atoms with van der Waals surface area (Å²) < 4.78 is 0. The number of carbonyl (C=O) groups is 2. The van der Waals surface area contributed by atoms with Crippen LogP contribution in [-0.2, 0) is 16.0 Å². The number of carbonyl (C=O) groups excluding carboxylic acids is 1. The van der Waals surface area contributed by atoms with Crippen molar-refractivity contribution in [2.24, 2.45) is 0 Å². The van der Waals surface area contributed by atoms with Crippen LogP contribution < -0.4 is 0 Å². The van der Waals surface area contributed by atoms with Gasteiger partial charge in [0.15, 0.2) is 0 Å². The monoisotopic (exact) mass is 319 g/mol. The SMILES string of the molecule is CCN(CCC(=O)O)C(=O)Cc1c[nH]c2ccc([N+](=O)[O-])cc12. The van der Waals surface area contributed by atoms with Crippen LogP contribution in [0.25, 0.3) is 10.9 Å². The summed E-state index contributed by atoms with van der Waals surface area (Å²) in [5.74, 6) is -1.17. The van der Waals surface area contributed by atoms with Gasteiger partial charge in [0.05, 0.1) is 17.8 Å². The number of nitrogens with one attached hydrogen (secondary N) is 1. The second kappa shape index (κ2) is 6.91. The van der Waals surface area contributed by atoms with Gasteiger partial charge in [0.1, 0.15) is 0 Å². The molecular formula is C15H17N3O5. The molecule has 0 saturated carbocycles. The molecule has 0 saturated heterocycles. The number of fused-ring (bicyclic) bond motifs is 1. The number of hydrogen-bond acceptors (Lipinski definition) is 4. The molecule has 1 aromatic carbocycles. The first kappa shape index (κ1) is 16.5. The van der Waals surface area contributed by atoms with E-state index in [1.54, 1.807) is 19.2 Å². The Bertz CT molecular complexity index is 753. The van der Waals surface area contributed by atoms with Gasteiger partial charge in [0.2, 0.25) is 5.91 Å². The topological polar surface area (TPSA) is 117 Å². The van der Waals surface area contributed by atoms with Crippen molar-refractivity contribution >= 4 is 28.5 Å². The van der Waals surface area contributed by atoms with Gasteiger partial charge in [0, 0.05) is 42.3 Å². The van der Waals surface area contributed by atoms with Crippen molar-refractivity contribution < 1.29 is 19.6 Å². The fourth-order valence-corrected chi connectivity index (χ4v) is 2.39. The number of H-pyrrole nitrogens is 1.